The fourth-order valence-electron chi connectivity index (χ4n) is 1.54. The first-order valence-corrected chi connectivity index (χ1v) is 5.95. The van der Waals surface area contributed by atoms with E-state index >= 15 is 0 Å². The average molecular weight is 284 g/mol. The van der Waals surface area contributed by atoms with Crippen LogP contribution in [-0.2, 0) is 10.1 Å². The van der Waals surface area contributed by atoms with Gasteiger partial charge in [-0.3, -0.25) is 15.0 Å². The molecule has 3 amide bonds. The summed E-state index contributed by atoms with van der Waals surface area (Å²) in [4.78, 5) is 28.3. The van der Waals surface area contributed by atoms with Gasteiger partial charge in [-0.2, -0.15) is 0 Å². The van der Waals surface area contributed by atoms with Gasteiger partial charge in [0.25, 0.3) is 0 Å². The minimum Gasteiger partial charge on any atom is -0.278 e. The van der Waals surface area contributed by atoms with Gasteiger partial charge in [0.1, 0.15) is 5.82 Å². The maximum absolute atomic E-state index is 11.6. The molecule has 0 atom stereocenters. The number of carbonyl (C=O) groups excluding carboxylic acids is 2. The standard InChI is InChI=1S/C10H10BrN3O2/c11-6-7-2-1-4-12-9(7)14-5-3-8(15)13-10(14)16/h1-2,4H,3,5-6H2,(H,13,15,16). The van der Waals surface area contributed by atoms with Crippen LogP contribution in [-0.4, -0.2) is 23.5 Å². The van der Waals surface area contributed by atoms with Crippen molar-refractivity contribution in [1.82, 2.24) is 10.3 Å². The first-order valence-electron chi connectivity index (χ1n) is 4.83. The fraction of sp³-hybridized carbons (Fsp3) is 0.300. The molecule has 1 aromatic rings. The van der Waals surface area contributed by atoms with E-state index in [1.54, 1.807) is 6.20 Å². The zero-order valence-corrected chi connectivity index (χ0v) is 10.0. The molecular formula is C10H10BrN3O2. The molecule has 1 aliphatic rings. The number of imide groups is 1. The lowest BCUT2D eigenvalue weighted by atomic mass is 10.2. The molecule has 5 nitrogen and oxygen atoms in total. The molecular weight excluding hydrogens is 274 g/mol. The number of carbonyl (C=O) groups is 2. The highest BCUT2D eigenvalue weighted by atomic mass is 79.9. The molecule has 1 saturated heterocycles. The number of hydrogen-bond donors (Lipinski definition) is 1. The summed E-state index contributed by atoms with van der Waals surface area (Å²) in [6.45, 7) is 0.377. The fourth-order valence-corrected chi connectivity index (χ4v) is 1.98. The Morgan fingerprint density at radius 3 is 3.00 bits per heavy atom. The number of pyridine rings is 1. The maximum atomic E-state index is 11.6. The van der Waals surface area contributed by atoms with Crippen LogP contribution >= 0.6 is 15.9 Å². The Kier molecular flexibility index (Phi) is 3.19. The van der Waals surface area contributed by atoms with E-state index in [-0.39, 0.29) is 5.91 Å². The van der Waals surface area contributed by atoms with Crippen LogP contribution in [0.1, 0.15) is 12.0 Å². The van der Waals surface area contributed by atoms with Gasteiger partial charge in [-0.05, 0) is 6.07 Å². The van der Waals surface area contributed by atoms with Crippen molar-refractivity contribution >= 4 is 33.7 Å². The highest BCUT2D eigenvalue weighted by Crippen LogP contribution is 2.21. The third-order valence-corrected chi connectivity index (χ3v) is 2.93. The van der Waals surface area contributed by atoms with E-state index < -0.39 is 6.03 Å². The van der Waals surface area contributed by atoms with Gasteiger partial charge in [-0.25, -0.2) is 9.78 Å². The minimum absolute atomic E-state index is 0.238. The van der Waals surface area contributed by atoms with Crippen molar-refractivity contribution in [2.24, 2.45) is 0 Å². The van der Waals surface area contributed by atoms with Gasteiger partial charge in [-0.1, -0.05) is 22.0 Å². The van der Waals surface area contributed by atoms with Crippen LogP contribution in [0, 0.1) is 0 Å². The molecule has 16 heavy (non-hydrogen) atoms. The summed E-state index contributed by atoms with van der Waals surface area (Å²) in [5, 5.41) is 2.89. The molecule has 2 rings (SSSR count). The predicted octanol–water partition coefficient (Wildman–Crippen LogP) is 1.42. The highest BCUT2D eigenvalue weighted by molar-refractivity contribution is 9.08. The van der Waals surface area contributed by atoms with Gasteiger partial charge >= 0.3 is 6.03 Å². The summed E-state index contributed by atoms with van der Waals surface area (Å²) >= 11 is 3.34. The van der Waals surface area contributed by atoms with Crippen LogP contribution in [0.3, 0.4) is 0 Å². The molecule has 84 valence electrons. The molecule has 0 spiro atoms. The van der Waals surface area contributed by atoms with Crippen molar-refractivity contribution in [3.8, 4) is 0 Å². The van der Waals surface area contributed by atoms with Crippen molar-refractivity contribution < 1.29 is 9.59 Å². The van der Waals surface area contributed by atoms with E-state index in [0.717, 1.165) is 5.56 Å². The van der Waals surface area contributed by atoms with Gasteiger partial charge in [0.15, 0.2) is 0 Å². The largest absolute Gasteiger partial charge is 0.329 e. The number of hydrogen-bond acceptors (Lipinski definition) is 3. The van der Waals surface area contributed by atoms with Crippen LogP contribution in [0.2, 0.25) is 0 Å². The zero-order valence-electron chi connectivity index (χ0n) is 8.44. The Morgan fingerprint density at radius 1 is 1.50 bits per heavy atom. The van der Waals surface area contributed by atoms with Crippen LogP contribution in [0.5, 0.6) is 0 Å². The van der Waals surface area contributed by atoms with Gasteiger partial charge in [-0.15, -0.1) is 0 Å². The van der Waals surface area contributed by atoms with Crippen molar-refractivity contribution in [2.45, 2.75) is 11.8 Å². The van der Waals surface area contributed by atoms with E-state index in [9.17, 15) is 9.59 Å². The number of halogens is 1. The Hall–Kier alpha value is -1.43. The lowest BCUT2D eigenvalue weighted by Crippen LogP contribution is -2.50. The lowest BCUT2D eigenvalue weighted by molar-refractivity contribution is -0.120. The van der Waals surface area contributed by atoms with Crippen LogP contribution in [0.15, 0.2) is 18.3 Å². The van der Waals surface area contributed by atoms with Crippen LogP contribution in [0.4, 0.5) is 10.6 Å². The van der Waals surface area contributed by atoms with Crippen molar-refractivity contribution in [1.29, 1.82) is 0 Å². The number of rotatable bonds is 2. The molecule has 1 N–H and O–H groups in total. The van der Waals surface area contributed by atoms with Crippen LogP contribution in [0.25, 0.3) is 0 Å². The number of anilines is 1. The minimum atomic E-state index is -0.405. The maximum Gasteiger partial charge on any atom is 0.329 e. The monoisotopic (exact) mass is 283 g/mol. The summed E-state index contributed by atoms with van der Waals surface area (Å²) in [7, 11) is 0. The Bertz CT molecular complexity index is 436. The second kappa shape index (κ2) is 4.61. The average Bonchev–Trinajstić information content (AvgIpc) is 2.29. The molecule has 1 fully saturated rings. The van der Waals surface area contributed by atoms with E-state index in [0.29, 0.717) is 24.1 Å². The quantitative estimate of drug-likeness (QED) is 0.835. The SMILES string of the molecule is O=C1CCN(c2ncccc2CBr)C(=O)N1. The molecule has 0 aromatic carbocycles. The van der Waals surface area contributed by atoms with Crippen molar-refractivity contribution in [2.75, 3.05) is 11.4 Å². The topological polar surface area (TPSA) is 62.3 Å². The van der Waals surface area contributed by atoms with E-state index in [1.807, 2.05) is 12.1 Å². The zero-order chi connectivity index (χ0) is 11.5. The molecule has 6 heteroatoms. The third-order valence-electron chi connectivity index (χ3n) is 2.32. The van der Waals surface area contributed by atoms with Crippen molar-refractivity contribution in [3.63, 3.8) is 0 Å². The predicted molar refractivity (Wildman–Crippen MR) is 62.4 cm³/mol. The molecule has 0 saturated carbocycles. The summed E-state index contributed by atoms with van der Waals surface area (Å²) in [6, 6.07) is 3.30. The van der Waals surface area contributed by atoms with Crippen molar-refractivity contribution in [3.05, 3.63) is 23.9 Å². The first kappa shape index (κ1) is 11.1. The Morgan fingerprint density at radius 2 is 2.31 bits per heavy atom. The second-order valence-corrected chi connectivity index (χ2v) is 3.94. The molecule has 0 bridgehead atoms. The number of urea groups is 1. The number of nitrogens with zero attached hydrogens (tertiary/aromatic N) is 2. The van der Waals surface area contributed by atoms with Crippen LogP contribution < -0.4 is 10.2 Å². The summed E-state index contributed by atoms with van der Waals surface area (Å²) in [5.41, 5.74) is 0.923. The molecule has 0 unspecified atom stereocenters. The summed E-state index contributed by atoms with van der Waals surface area (Å²) in [5.74, 6) is 0.363. The third kappa shape index (κ3) is 2.06. The smallest absolute Gasteiger partial charge is 0.278 e. The highest BCUT2D eigenvalue weighted by Gasteiger charge is 2.26. The Labute approximate surface area is 101 Å². The van der Waals surface area contributed by atoms with E-state index in [2.05, 4.69) is 26.2 Å². The summed E-state index contributed by atoms with van der Waals surface area (Å²) in [6.07, 6.45) is 1.94. The Balaban J connectivity index is 2.30. The molecule has 1 aliphatic heterocycles. The number of amides is 3. The molecule has 0 aliphatic carbocycles. The van der Waals surface area contributed by atoms with Gasteiger partial charge in [0.05, 0.1) is 0 Å². The van der Waals surface area contributed by atoms with Gasteiger partial charge in [0, 0.05) is 30.1 Å². The molecule has 0 radical (unpaired) electrons. The van der Waals surface area contributed by atoms with E-state index in [4.69, 9.17) is 0 Å². The normalized spacial score (nSPS) is 16.2. The number of aromatic nitrogens is 1. The van der Waals surface area contributed by atoms with Gasteiger partial charge in [0.2, 0.25) is 5.91 Å². The second-order valence-electron chi connectivity index (χ2n) is 3.37. The number of nitrogens with one attached hydrogen (secondary N) is 1. The lowest BCUT2D eigenvalue weighted by Gasteiger charge is -2.26. The molecule has 2 heterocycles. The molecule has 1 aromatic heterocycles. The van der Waals surface area contributed by atoms with E-state index in [1.165, 1.54) is 4.90 Å². The summed E-state index contributed by atoms with van der Waals surface area (Å²) < 4.78 is 0. The van der Waals surface area contributed by atoms with Gasteiger partial charge < -0.3 is 0 Å². The first-order chi connectivity index (χ1) is 7.72. The number of alkyl halides is 1.